The zero-order valence-electron chi connectivity index (χ0n) is 11.8. The third-order valence-corrected chi connectivity index (χ3v) is 2.78. The molecule has 2 nitrogen and oxygen atoms in total. The maximum atomic E-state index is 12.9. The molecule has 1 N–H and O–H groups in total. The van der Waals surface area contributed by atoms with Crippen LogP contribution in [-0.4, -0.2) is 18.8 Å². The van der Waals surface area contributed by atoms with Gasteiger partial charge in [-0.05, 0) is 38.5 Å². The lowest BCUT2D eigenvalue weighted by atomic mass is 10.1. The van der Waals surface area contributed by atoms with Gasteiger partial charge < -0.3 is 10.1 Å². The molecule has 0 saturated heterocycles. The summed E-state index contributed by atoms with van der Waals surface area (Å²) in [6.07, 6.45) is -4.56. The maximum Gasteiger partial charge on any atom is 0.416 e. The van der Waals surface area contributed by atoms with Crippen molar-refractivity contribution in [2.45, 2.75) is 39.1 Å². The van der Waals surface area contributed by atoms with Crippen molar-refractivity contribution >= 4 is 0 Å². The highest BCUT2D eigenvalue weighted by Crippen LogP contribution is 2.32. The number of alkyl halides is 3. The molecule has 0 aliphatic rings. The van der Waals surface area contributed by atoms with Gasteiger partial charge in [-0.1, -0.05) is 6.07 Å². The Hall–Kier alpha value is -1.14. The first-order valence-corrected chi connectivity index (χ1v) is 6.36. The highest BCUT2D eigenvalue weighted by molar-refractivity contribution is 5.30. The zero-order chi connectivity index (χ0) is 15.4. The van der Waals surface area contributed by atoms with E-state index < -0.39 is 23.2 Å². The second-order valence-corrected chi connectivity index (χ2v) is 5.10. The Bertz CT molecular complexity index is 443. The van der Waals surface area contributed by atoms with Crippen molar-refractivity contribution in [3.05, 3.63) is 35.1 Å². The second-order valence-electron chi connectivity index (χ2n) is 5.10. The second kappa shape index (κ2) is 6.54. The Kier molecular flexibility index (Phi) is 5.53. The number of hydrogen-bond donors (Lipinski definition) is 1. The summed E-state index contributed by atoms with van der Waals surface area (Å²) >= 11 is 0. The predicted molar refractivity (Wildman–Crippen MR) is 68.8 cm³/mol. The molecule has 1 rings (SSSR count). The van der Waals surface area contributed by atoms with E-state index in [2.05, 4.69) is 5.32 Å². The molecule has 0 aliphatic heterocycles. The van der Waals surface area contributed by atoms with Crippen LogP contribution in [0.15, 0.2) is 18.2 Å². The van der Waals surface area contributed by atoms with Crippen LogP contribution in [0, 0.1) is 5.82 Å². The first kappa shape index (κ1) is 16.9. The monoisotopic (exact) mass is 293 g/mol. The van der Waals surface area contributed by atoms with E-state index in [1.54, 1.807) is 0 Å². The third-order valence-electron chi connectivity index (χ3n) is 2.78. The van der Waals surface area contributed by atoms with Gasteiger partial charge in [-0.15, -0.1) is 0 Å². The van der Waals surface area contributed by atoms with Gasteiger partial charge >= 0.3 is 6.18 Å². The normalized spacial score (nSPS) is 12.8. The minimum atomic E-state index is -4.56. The molecule has 20 heavy (non-hydrogen) atoms. The Balaban J connectivity index is 2.74. The highest BCUT2D eigenvalue weighted by Gasteiger charge is 2.33. The van der Waals surface area contributed by atoms with Crippen molar-refractivity contribution in [2.75, 3.05) is 13.2 Å². The quantitative estimate of drug-likeness (QED) is 0.807. The minimum Gasteiger partial charge on any atom is -0.375 e. The zero-order valence-corrected chi connectivity index (χ0v) is 11.8. The van der Waals surface area contributed by atoms with Crippen molar-refractivity contribution in [1.29, 1.82) is 0 Å². The average Bonchev–Trinajstić information content (AvgIpc) is 2.29. The average molecular weight is 293 g/mol. The molecule has 0 amide bonds. The molecule has 0 bridgehead atoms. The molecule has 114 valence electrons. The Morgan fingerprint density at radius 1 is 1.20 bits per heavy atom. The lowest BCUT2D eigenvalue weighted by Crippen LogP contribution is -2.37. The van der Waals surface area contributed by atoms with Gasteiger partial charge in [-0.25, -0.2) is 4.39 Å². The molecule has 0 fully saturated rings. The van der Waals surface area contributed by atoms with E-state index in [1.165, 1.54) is 0 Å². The topological polar surface area (TPSA) is 21.3 Å². The summed E-state index contributed by atoms with van der Waals surface area (Å²) in [4.78, 5) is 0. The lowest BCUT2D eigenvalue weighted by Gasteiger charge is -2.25. The molecule has 0 unspecified atom stereocenters. The Morgan fingerprint density at radius 2 is 1.85 bits per heavy atom. The van der Waals surface area contributed by atoms with Gasteiger partial charge in [0.1, 0.15) is 5.82 Å². The van der Waals surface area contributed by atoms with Gasteiger partial charge in [0.15, 0.2) is 0 Å². The summed E-state index contributed by atoms with van der Waals surface area (Å²) < 4.78 is 56.8. The van der Waals surface area contributed by atoms with Crippen molar-refractivity contribution in [2.24, 2.45) is 0 Å². The van der Waals surface area contributed by atoms with Gasteiger partial charge in [-0.2, -0.15) is 13.2 Å². The minimum absolute atomic E-state index is 0.00558. The van der Waals surface area contributed by atoms with Gasteiger partial charge in [0, 0.05) is 19.7 Å². The summed E-state index contributed by atoms with van der Waals surface area (Å²) in [5.74, 6) is -0.893. The van der Waals surface area contributed by atoms with Crippen LogP contribution in [0.25, 0.3) is 0 Å². The molecule has 1 aromatic carbocycles. The molecule has 0 spiro atoms. The van der Waals surface area contributed by atoms with Gasteiger partial charge in [-0.3, -0.25) is 0 Å². The summed E-state index contributed by atoms with van der Waals surface area (Å²) in [5, 5.41) is 2.91. The Labute approximate surface area is 116 Å². The van der Waals surface area contributed by atoms with E-state index in [9.17, 15) is 17.6 Å². The molecule has 0 heterocycles. The van der Waals surface area contributed by atoms with E-state index in [1.807, 2.05) is 20.8 Å². The lowest BCUT2D eigenvalue weighted by molar-refractivity contribution is -0.138. The number of benzene rings is 1. The number of halogens is 4. The smallest absolute Gasteiger partial charge is 0.375 e. The van der Waals surface area contributed by atoms with Crippen LogP contribution < -0.4 is 5.32 Å². The fourth-order valence-electron chi connectivity index (χ4n) is 1.91. The van der Waals surface area contributed by atoms with E-state index in [0.29, 0.717) is 19.2 Å². The van der Waals surface area contributed by atoms with E-state index in [0.717, 1.165) is 12.1 Å². The van der Waals surface area contributed by atoms with E-state index in [-0.39, 0.29) is 12.1 Å². The van der Waals surface area contributed by atoms with Crippen LogP contribution in [0.2, 0.25) is 0 Å². The van der Waals surface area contributed by atoms with Crippen LogP contribution >= 0.6 is 0 Å². The fraction of sp³-hybridized carbons (Fsp3) is 0.571. The highest BCUT2D eigenvalue weighted by atomic mass is 19.4. The van der Waals surface area contributed by atoms with Crippen molar-refractivity contribution in [3.8, 4) is 0 Å². The van der Waals surface area contributed by atoms with Gasteiger partial charge in [0.05, 0.1) is 11.2 Å². The molecule has 0 radical (unpaired) electrons. The van der Waals surface area contributed by atoms with Crippen molar-refractivity contribution in [3.63, 3.8) is 0 Å². The molecule has 6 heteroatoms. The van der Waals surface area contributed by atoms with Crippen LogP contribution in [0.1, 0.15) is 31.9 Å². The first-order valence-electron chi connectivity index (χ1n) is 6.36. The first-order chi connectivity index (χ1) is 9.15. The molecule has 0 aromatic heterocycles. The summed E-state index contributed by atoms with van der Waals surface area (Å²) in [6.45, 7) is 6.47. The molecule has 0 aliphatic carbocycles. The predicted octanol–water partition coefficient (Wildman–Crippen LogP) is 3.75. The third kappa shape index (κ3) is 5.09. The van der Waals surface area contributed by atoms with Crippen LogP contribution in [-0.2, 0) is 17.5 Å². The van der Waals surface area contributed by atoms with E-state index in [4.69, 9.17) is 4.74 Å². The molecular formula is C14H19F4NO. The van der Waals surface area contributed by atoms with Crippen molar-refractivity contribution in [1.82, 2.24) is 5.32 Å². The SMILES string of the molecule is CCOC(C)(C)CNCc1ccc(F)cc1C(F)(F)F. The molecule has 0 saturated carbocycles. The molecular weight excluding hydrogens is 274 g/mol. The van der Waals surface area contributed by atoms with Gasteiger partial charge in [0.25, 0.3) is 0 Å². The van der Waals surface area contributed by atoms with Crippen molar-refractivity contribution < 1.29 is 22.3 Å². The van der Waals surface area contributed by atoms with E-state index >= 15 is 0 Å². The fourth-order valence-corrected chi connectivity index (χ4v) is 1.91. The number of rotatable bonds is 6. The maximum absolute atomic E-state index is 12.9. The summed E-state index contributed by atoms with van der Waals surface area (Å²) in [5.41, 5.74) is -1.39. The Morgan fingerprint density at radius 3 is 2.40 bits per heavy atom. The summed E-state index contributed by atoms with van der Waals surface area (Å²) in [7, 11) is 0. The number of ether oxygens (including phenoxy) is 1. The molecule has 1 aromatic rings. The summed E-state index contributed by atoms with van der Waals surface area (Å²) in [6, 6.07) is 2.70. The largest absolute Gasteiger partial charge is 0.416 e. The van der Waals surface area contributed by atoms with Crippen LogP contribution in [0.5, 0.6) is 0 Å². The molecule has 0 atom stereocenters. The van der Waals surface area contributed by atoms with Crippen LogP contribution in [0.4, 0.5) is 17.6 Å². The standard InChI is InChI=1S/C14H19F4NO/c1-4-20-13(2,3)9-19-8-10-5-6-11(15)7-12(10)14(16,17)18/h5-7,19H,4,8-9H2,1-3H3. The van der Waals surface area contributed by atoms with Gasteiger partial charge in [0.2, 0.25) is 0 Å². The number of nitrogens with one attached hydrogen (secondary N) is 1. The number of hydrogen-bond acceptors (Lipinski definition) is 2. The van der Waals surface area contributed by atoms with Crippen LogP contribution in [0.3, 0.4) is 0 Å².